The molecule has 0 heterocycles. The van der Waals surface area contributed by atoms with E-state index in [0.717, 1.165) is 17.3 Å². The Bertz CT molecular complexity index is 781. The first-order valence-electron chi connectivity index (χ1n) is 7.48. The number of thioether (sulfide) groups is 1. The molecule has 0 spiro atoms. The van der Waals surface area contributed by atoms with Crippen molar-refractivity contribution in [1.29, 1.82) is 0 Å². The van der Waals surface area contributed by atoms with Gasteiger partial charge in [0.1, 0.15) is 5.82 Å². The molecule has 7 heteroatoms. The summed E-state index contributed by atoms with van der Waals surface area (Å²) in [5.41, 5.74) is 3.88. The van der Waals surface area contributed by atoms with E-state index >= 15 is 0 Å². The molecule has 0 aliphatic heterocycles. The largest absolute Gasteiger partial charge is 0.493 e. The van der Waals surface area contributed by atoms with E-state index < -0.39 is 0 Å². The SMILES string of the molecule is COc1ccc(/C(C)=N\NC(=O)CSc2ccccc2F)cc1OC. The number of nitrogens with zero attached hydrogens (tertiary/aromatic N) is 1. The van der Waals surface area contributed by atoms with Gasteiger partial charge in [0.25, 0.3) is 0 Å². The van der Waals surface area contributed by atoms with Crippen LogP contribution < -0.4 is 14.9 Å². The molecule has 0 aliphatic rings. The second-order valence-electron chi connectivity index (χ2n) is 5.02. The van der Waals surface area contributed by atoms with Crippen molar-refractivity contribution in [3.05, 3.63) is 53.8 Å². The van der Waals surface area contributed by atoms with E-state index in [2.05, 4.69) is 10.5 Å². The van der Waals surface area contributed by atoms with Gasteiger partial charge in [0.15, 0.2) is 11.5 Å². The molecule has 1 amide bonds. The number of rotatable bonds is 7. The highest BCUT2D eigenvalue weighted by molar-refractivity contribution is 8.00. The van der Waals surface area contributed by atoms with Crippen LogP contribution in [0.4, 0.5) is 4.39 Å². The fraction of sp³-hybridized carbons (Fsp3) is 0.222. The fourth-order valence-corrected chi connectivity index (χ4v) is 2.74. The molecule has 0 saturated heterocycles. The van der Waals surface area contributed by atoms with Gasteiger partial charge in [-0.3, -0.25) is 4.79 Å². The van der Waals surface area contributed by atoms with E-state index in [1.165, 1.54) is 6.07 Å². The first-order valence-corrected chi connectivity index (χ1v) is 8.46. The van der Waals surface area contributed by atoms with Gasteiger partial charge in [-0.15, -0.1) is 11.8 Å². The minimum absolute atomic E-state index is 0.0731. The first kappa shape index (κ1) is 18.8. The van der Waals surface area contributed by atoms with Crippen LogP contribution in [0.5, 0.6) is 11.5 Å². The quantitative estimate of drug-likeness (QED) is 0.465. The van der Waals surface area contributed by atoms with Gasteiger partial charge in [-0.05, 0) is 37.3 Å². The highest BCUT2D eigenvalue weighted by Crippen LogP contribution is 2.27. The highest BCUT2D eigenvalue weighted by atomic mass is 32.2. The number of hydrogen-bond acceptors (Lipinski definition) is 5. The van der Waals surface area contributed by atoms with Crippen LogP contribution in [0.2, 0.25) is 0 Å². The summed E-state index contributed by atoms with van der Waals surface area (Å²) in [6.07, 6.45) is 0. The molecule has 0 unspecified atom stereocenters. The zero-order valence-corrected chi connectivity index (χ0v) is 15.0. The smallest absolute Gasteiger partial charge is 0.250 e. The van der Waals surface area contributed by atoms with Crippen molar-refractivity contribution in [2.75, 3.05) is 20.0 Å². The standard InChI is InChI=1S/C18H19FN2O3S/c1-12(13-8-9-15(23-2)16(10-13)24-3)20-21-18(22)11-25-17-7-5-4-6-14(17)19/h4-10H,11H2,1-3H3,(H,21,22)/b20-12-. The predicted octanol–water partition coefficient (Wildman–Crippen LogP) is 3.48. The van der Waals surface area contributed by atoms with Crippen molar-refractivity contribution in [1.82, 2.24) is 5.43 Å². The van der Waals surface area contributed by atoms with Crippen LogP contribution in [0.25, 0.3) is 0 Å². The lowest BCUT2D eigenvalue weighted by Gasteiger charge is -2.09. The van der Waals surface area contributed by atoms with Crippen molar-refractivity contribution in [3.63, 3.8) is 0 Å². The number of carbonyl (C=O) groups is 1. The van der Waals surface area contributed by atoms with Crippen molar-refractivity contribution in [2.45, 2.75) is 11.8 Å². The van der Waals surface area contributed by atoms with Crippen molar-refractivity contribution in [3.8, 4) is 11.5 Å². The molecule has 25 heavy (non-hydrogen) atoms. The van der Waals surface area contributed by atoms with Gasteiger partial charge in [0, 0.05) is 10.5 Å². The van der Waals surface area contributed by atoms with E-state index in [4.69, 9.17) is 9.47 Å². The van der Waals surface area contributed by atoms with Gasteiger partial charge in [-0.2, -0.15) is 5.10 Å². The number of halogens is 1. The molecular weight excluding hydrogens is 343 g/mol. The van der Waals surface area contributed by atoms with Gasteiger partial charge in [0.2, 0.25) is 5.91 Å². The maximum atomic E-state index is 13.5. The Kier molecular flexibility index (Phi) is 6.82. The third-order valence-electron chi connectivity index (χ3n) is 3.35. The molecule has 2 aromatic carbocycles. The lowest BCUT2D eigenvalue weighted by molar-refractivity contribution is -0.118. The number of ether oxygens (including phenoxy) is 2. The van der Waals surface area contributed by atoms with Gasteiger partial charge in [-0.25, -0.2) is 9.82 Å². The summed E-state index contributed by atoms with van der Waals surface area (Å²) < 4.78 is 23.9. The second kappa shape index (κ2) is 9.08. The summed E-state index contributed by atoms with van der Waals surface area (Å²) in [6, 6.07) is 11.7. The summed E-state index contributed by atoms with van der Waals surface area (Å²) >= 11 is 1.12. The molecule has 0 radical (unpaired) electrons. The third kappa shape index (κ3) is 5.22. The Labute approximate surface area is 150 Å². The number of nitrogens with one attached hydrogen (secondary N) is 1. The summed E-state index contributed by atoms with van der Waals surface area (Å²) in [5.74, 6) is 0.614. The van der Waals surface area contributed by atoms with Crippen LogP contribution in [0.1, 0.15) is 12.5 Å². The van der Waals surface area contributed by atoms with Gasteiger partial charge < -0.3 is 9.47 Å². The Hall–Kier alpha value is -2.54. The number of carbonyl (C=O) groups excluding carboxylic acids is 1. The van der Waals surface area contributed by atoms with Crippen LogP contribution in [0.15, 0.2) is 52.5 Å². The van der Waals surface area contributed by atoms with E-state index in [1.54, 1.807) is 51.5 Å². The summed E-state index contributed by atoms with van der Waals surface area (Å²) in [7, 11) is 3.11. The molecule has 0 atom stereocenters. The van der Waals surface area contributed by atoms with Crippen molar-refractivity contribution >= 4 is 23.4 Å². The lowest BCUT2D eigenvalue weighted by atomic mass is 10.1. The van der Waals surface area contributed by atoms with Crippen LogP contribution >= 0.6 is 11.8 Å². The van der Waals surface area contributed by atoms with E-state index in [1.807, 2.05) is 6.07 Å². The summed E-state index contributed by atoms with van der Waals surface area (Å²) in [6.45, 7) is 1.77. The van der Waals surface area contributed by atoms with E-state index in [0.29, 0.717) is 22.1 Å². The van der Waals surface area contributed by atoms with Gasteiger partial charge in [-0.1, -0.05) is 12.1 Å². The molecule has 0 fully saturated rings. The maximum Gasteiger partial charge on any atom is 0.250 e. The van der Waals surface area contributed by atoms with Gasteiger partial charge in [0.05, 0.1) is 25.7 Å². The fourth-order valence-electron chi connectivity index (χ4n) is 2.01. The Morgan fingerprint density at radius 3 is 2.56 bits per heavy atom. The molecule has 2 rings (SSSR count). The molecule has 0 bridgehead atoms. The predicted molar refractivity (Wildman–Crippen MR) is 97.0 cm³/mol. The van der Waals surface area contributed by atoms with Gasteiger partial charge >= 0.3 is 0 Å². The van der Waals surface area contributed by atoms with Crippen molar-refractivity contribution in [2.24, 2.45) is 5.10 Å². The molecule has 0 aliphatic carbocycles. The van der Waals surface area contributed by atoms with Crippen LogP contribution in [0, 0.1) is 5.82 Å². The second-order valence-corrected chi connectivity index (χ2v) is 6.04. The lowest BCUT2D eigenvalue weighted by Crippen LogP contribution is -2.21. The number of hydrazone groups is 1. The summed E-state index contributed by atoms with van der Waals surface area (Å²) in [5, 5.41) is 4.07. The normalized spacial score (nSPS) is 11.1. The Morgan fingerprint density at radius 1 is 1.16 bits per heavy atom. The monoisotopic (exact) mass is 362 g/mol. The number of hydrogen-bond donors (Lipinski definition) is 1. The van der Waals surface area contributed by atoms with Crippen LogP contribution in [-0.2, 0) is 4.79 Å². The molecular formula is C18H19FN2O3S. The molecule has 0 saturated carbocycles. The minimum Gasteiger partial charge on any atom is -0.493 e. The number of amides is 1. The third-order valence-corrected chi connectivity index (χ3v) is 4.39. The Balaban J connectivity index is 1.96. The average Bonchev–Trinajstić information content (AvgIpc) is 2.64. The van der Waals surface area contributed by atoms with Crippen LogP contribution in [-0.4, -0.2) is 31.6 Å². The molecule has 132 valence electrons. The molecule has 2 aromatic rings. The zero-order valence-electron chi connectivity index (χ0n) is 14.2. The van der Waals surface area contributed by atoms with E-state index in [9.17, 15) is 9.18 Å². The minimum atomic E-state index is -0.342. The van der Waals surface area contributed by atoms with E-state index in [-0.39, 0.29) is 17.5 Å². The topological polar surface area (TPSA) is 59.9 Å². The van der Waals surface area contributed by atoms with Crippen molar-refractivity contribution < 1.29 is 18.7 Å². The zero-order chi connectivity index (χ0) is 18.2. The number of benzene rings is 2. The Morgan fingerprint density at radius 2 is 1.88 bits per heavy atom. The molecule has 5 nitrogen and oxygen atoms in total. The maximum absolute atomic E-state index is 13.5. The molecule has 0 aromatic heterocycles. The highest BCUT2D eigenvalue weighted by Gasteiger charge is 2.08. The summed E-state index contributed by atoms with van der Waals surface area (Å²) in [4.78, 5) is 12.3. The first-order chi connectivity index (χ1) is 12.0. The average molecular weight is 362 g/mol. The van der Waals surface area contributed by atoms with Crippen LogP contribution in [0.3, 0.4) is 0 Å². The number of methoxy groups -OCH3 is 2. The molecule has 1 N–H and O–H groups in total.